The average Bonchev–Trinajstić information content (AvgIpc) is 2.96. The van der Waals surface area contributed by atoms with E-state index in [1.165, 1.54) is 5.57 Å². The zero-order valence-corrected chi connectivity index (χ0v) is 18.5. The van der Waals surface area contributed by atoms with Crippen molar-refractivity contribution >= 4 is 22.6 Å². The average molecular weight is 500 g/mol. The molecular weight excluding hydrogens is 471 g/mol. The lowest BCUT2D eigenvalue weighted by Crippen LogP contribution is -2.21. The quantitative estimate of drug-likeness (QED) is 0.340. The van der Waals surface area contributed by atoms with Crippen molar-refractivity contribution in [1.82, 2.24) is 0 Å². The highest BCUT2D eigenvalue weighted by molar-refractivity contribution is 14.1. The number of rotatable bonds is 10. The third-order valence-corrected chi connectivity index (χ3v) is 5.67. The Labute approximate surface area is 180 Å². The van der Waals surface area contributed by atoms with Gasteiger partial charge in [-0.3, -0.25) is 0 Å². The molecular formula is C22H29IO5. The highest BCUT2D eigenvalue weighted by atomic mass is 127. The number of hydrogen-bond acceptors (Lipinski definition) is 5. The number of allylic oxidation sites excluding steroid dienone is 5. The van der Waals surface area contributed by atoms with Crippen molar-refractivity contribution in [2.75, 3.05) is 24.2 Å². The van der Waals surface area contributed by atoms with E-state index in [1.54, 1.807) is 0 Å². The van der Waals surface area contributed by atoms with Gasteiger partial charge in [0.15, 0.2) is 0 Å². The summed E-state index contributed by atoms with van der Waals surface area (Å²) in [6.07, 6.45) is 7.65. The van der Waals surface area contributed by atoms with Crippen LogP contribution in [0.15, 0.2) is 59.9 Å². The molecule has 1 aromatic rings. The lowest BCUT2D eigenvalue weighted by molar-refractivity contribution is 0.0536. The molecule has 0 amide bonds. The van der Waals surface area contributed by atoms with E-state index in [0.717, 1.165) is 17.7 Å². The van der Waals surface area contributed by atoms with Gasteiger partial charge in [0.05, 0.1) is 12.7 Å². The molecule has 0 radical (unpaired) electrons. The van der Waals surface area contributed by atoms with Crippen molar-refractivity contribution in [2.24, 2.45) is 0 Å². The number of hydrogen-bond donors (Lipinski definition) is 3. The SMILES string of the molecule is CC(C)(C1=CCC=C(OC[C@@H](O)CI)C=C1)c1ccc(OCC(O)CO)cc1. The Morgan fingerprint density at radius 3 is 2.32 bits per heavy atom. The number of alkyl halides is 1. The summed E-state index contributed by atoms with van der Waals surface area (Å²) >= 11 is 2.14. The maximum absolute atomic E-state index is 9.66. The monoisotopic (exact) mass is 500 g/mol. The third-order valence-electron chi connectivity index (χ3n) is 4.66. The Morgan fingerprint density at radius 1 is 1.00 bits per heavy atom. The van der Waals surface area contributed by atoms with Crippen LogP contribution in [0.25, 0.3) is 0 Å². The van der Waals surface area contributed by atoms with Crippen LogP contribution in [0.5, 0.6) is 5.75 Å². The molecule has 28 heavy (non-hydrogen) atoms. The molecule has 1 aliphatic carbocycles. The van der Waals surface area contributed by atoms with Gasteiger partial charge in [-0.15, -0.1) is 0 Å². The number of halogens is 1. The normalized spacial score (nSPS) is 16.6. The van der Waals surface area contributed by atoms with E-state index in [-0.39, 0.29) is 18.6 Å². The first-order valence-corrected chi connectivity index (χ1v) is 10.9. The molecule has 0 aliphatic heterocycles. The Morgan fingerprint density at radius 2 is 1.68 bits per heavy atom. The van der Waals surface area contributed by atoms with Crippen LogP contribution in [0.2, 0.25) is 0 Å². The van der Waals surface area contributed by atoms with Gasteiger partial charge in [-0.05, 0) is 41.8 Å². The van der Waals surface area contributed by atoms with Crippen LogP contribution in [0.3, 0.4) is 0 Å². The van der Waals surface area contributed by atoms with Gasteiger partial charge in [0.2, 0.25) is 0 Å². The fraction of sp³-hybridized carbons (Fsp3) is 0.455. The van der Waals surface area contributed by atoms with E-state index in [2.05, 4.69) is 48.6 Å². The van der Waals surface area contributed by atoms with Crippen molar-refractivity contribution in [1.29, 1.82) is 0 Å². The number of aliphatic hydroxyl groups excluding tert-OH is 3. The van der Waals surface area contributed by atoms with Crippen molar-refractivity contribution in [2.45, 2.75) is 37.9 Å². The first-order chi connectivity index (χ1) is 13.4. The second kappa shape index (κ2) is 11.0. The summed E-state index contributed by atoms with van der Waals surface area (Å²) in [5.41, 5.74) is 2.12. The Kier molecular flexibility index (Phi) is 9.01. The van der Waals surface area contributed by atoms with Crippen LogP contribution < -0.4 is 4.74 Å². The molecule has 2 rings (SSSR count). The van der Waals surface area contributed by atoms with Gasteiger partial charge in [-0.1, -0.05) is 60.7 Å². The molecule has 0 fully saturated rings. The van der Waals surface area contributed by atoms with Gasteiger partial charge in [-0.2, -0.15) is 0 Å². The number of ether oxygens (including phenoxy) is 2. The number of aliphatic hydroxyl groups is 3. The van der Waals surface area contributed by atoms with E-state index >= 15 is 0 Å². The molecule has 0 saturated heterocycles. The predicted octanol–water partition coefficient (Wildman–Crippen LogP) is 3.28. The fourth-order valence-corrected chi connectivity index (χ4v) is 3.05. The minimum absolute atomic E-state index is 0.0633. The summed E-state index contributed by atoms with van der Waals surface area (Å²) in [4.78, 5) is 0. The molecule has 0 saturated carbocycles. The molecule has 1 unspecified atom stereocenters. The topological polar surface area (TPSA) is 79.2 Å². The van der Waals surface area contributed by atoms with Gasteiger partial charge in [0.1, 0.15) is 30.8 Å². The van der Waals surface area contributed by atoms with Crippen molar-refractivity contribution < 1.29 is 24.8 Å². The summed E-state index contributed by atoms with van der Waals surface area (Å²) in [6.45, 7) is 4.38. The standard InChI is InChI=1S/C22H29IO5/c1-22(2,17-7-10-21(11-8-17)28-15-19(26)13-24)16-4-3-5-20(9-6-16)27-14-18(25)12-23/h4-11,18-19,24-26H,3,12-15H2,1-2H3/t18-,19?/m0/s1. The minimum atomic E-state index is -0.876. The summed E-state index contributed by atoms with van der Waals surface area (Å²) in [5, 5.41) is 27.9. The third kappa shape index (κ3) is 6.62. The van der Waals surface area contributed by atoms with Crippen LogP contribution >= 0.6 is 22.6 Å². The van der Waals surface area contributed by atoms with Crippen LogP contribution in [0.4, 0.5) is 0 Å². The lowest BCUT2D eigenvalue weighted by Gasteiger charge is -2.27. The van der Waals surface area contributed by atoms with Crippen LogP contribution in [-0.4, -0.2) is 51.8 Å². The lowest BCUT2D eigenvalue weighted by atomic mass is 9.77. The van der Waals surface area contributed by atoms with E-state index in [1.807, 2.05) is 36.4 Å². The largest absolute Gasteiger partial charge is 0.491 e. The second-order valence-electron chi connectivity index (χ2n) is 7.25. The Hall–Kier alpha value is -1.35. The zero-order chi connectivity index (χ0) is 20.6. The van der Waals surface area contributed by atoms with Crippen LogP contribution in [0.1, 0.15) is 25.8 Å². The molecule has 0 spiro atoms. The van der Waals surface area contributed by atoms with E-state index in [9.17, 15) is 10.2 Å². The number of benzene rings is 1. The second-order valence-corrected chi connectivity index (χ2v) is 8.13. The highest BCUT2D eigenvalue weighted by Gasteiger charge is 2.24. The maximum atomic E-state index is 9.66. The fourth-order valence-electron chi connectivity index (χ4n) is 2.80. The highest BCUT2D eigenvalue weighted by Crippen LogP contribution is 2.34. The van der Waals surface area contributed by atoms with E-state index < -0.39 is 12.2 Å². The molecule has 0 heterocycles. The molecule has 1 aromatic carbocycles. The molecule has 1 aliphatic rings. The zero-order valence-electron chi connectivity index (χ0n) is 16.3. The smallest absolute Gasteiger partial charge is 0.119 e. The molecule has 6 heteroatoms. The molecule has 2 atom stereocenters. The Bertz CT molecular complexity index is 706. The van der Waals surface area contributed by atoms with Crippen molar-refractivity contribution in [3.63, 3.8) is 0 Å². The van der Waals surface area contributed by atoms with Gasteiger partial charge in [0.25, 0.3) is 0 Å². The van der Waals surface area contributed by atoms with E-state index in [0.29, 0.717) is 16.8 Å². The van der Waals surface area contributed by atoms with Gasteiger partial charge in [0, 0.05) is 9.84 Å². The van der Waals surface area contributed by atoms with Crippen LogP contribution in [0, 0.1) is 0 Å². The summed E-state index contributed by atoms with van der Waals surface area (Å²) < 4.78 is 11.8. The first-order valence-electron chi connectivity index (χ1n) is 9.34. The van der Waals surface area contributed by atoms with Crippen molar-refractivity contribution in [3.05, 3.63) is 65.5 Å². The van der Waals surface area contributed by atoms with E-state index in [4.69, 9.17) is 14.6 Å². The maximum Gasteiger partial charge on any atom is 0.119 e. The first kappa shape index (κ1) is 22.9. The molecule has 0 aromatic heterocycles. The molecule has 154 valence electrons. The van der Waals surface area contributed by atoms with Gasteiger partial charge >= 0.3 is 0 Å². The summed E-state index contributed by atoms with van der Waals surface area (Å²) in [6, 6.07) is 7.78. The van der Waals surface area contributed by atoms with Gasteiger partial charge in [-0.25, -0.2) is 0 Å². The predicted molar refractivity (Wildman–Crippen MR) is 119 cm³/mol. The van der Waals surface area contributed by atoms with Gasteiger partial charge < -0.3 is 24.8 Å². The molecule has 0 bridgehead atoms. The van der Waals surface area contributed by atoms with Crippen LogP contribution in [-0.2, 0) is 10.2 Å². The molecule has 3 N–H and O–H groups in total. The molecule has 5 nitrogen and oxygen atoms in total. The van der Waals surface area contributed by atoms with Crippen molar-refractivity contribution in [3.8, 4) is 5.75 Å². The summed E-state index contributed by atoms with van der Waals surface area (Å²) in [5.74, 6) is 1.43. The Balaban J connectivity index is 2.02. The minimum Gasteiger partial charge on any atom is -0.491 e. The summed E-state index contributed by atoms with van der Waals surface area (Å²) in [7, 11) is 0.